The number of carbonyl (C=O) groups is 1. The maximum atomic E-state index is 13.9. The standard InChI is InChI=1S/C16H12F3N5O3/c17-5-6-23-8-10(7-20-23)14-21-13(27-22-14)9-24-11-3-1-2-4-12(11)26-16(18,19)15(24)25/h1-4,7-8H,5-6,9H2. The zero-order valence-electron chi connectivity index (χ0n) is 13.7. The van der Waals surface area contributed by atoms with E-state index in [1.54, 1.807) is 6.07 Å². The fourth-order valence-corrected chi connectivity index (χ4v) is 2.63. The highest BCUT2D eigenvalue weighted by molar-refractivity contribution is 6.00. The molecule has 0 saturated heterocycles. The van der Waals surface area contributed by atoms with Crippen molar-refractivity contribution < 1.29 is 27.2 Å². The molecule has 8 nitrogen and oxygen atoms in total. The van der Waals surface area contributed by atoms with E-state index >= 15 is 0 Å². The average molecular weight is 379 g/mol. The molecule has 3 aromatic rings. The number of para-hydroxylation sites is 2. The molecule has 140 valence electrons. The second kappa shape index (κ2) is 6.41. The Morgan fingerprint density at radius 3 is 2.85 bits per heavy atom. The Morgan fingerprint density at radius 2 is 2.04 bits per heavy atom. The van der Waals surface area contributed by atoms with Gasteiger partial charge in [0.1, 0.15) is 13.2 Å². The van der Waals surface area contributed by atoms with Crippen LogP contribution in [0.5, 0.6) is 5.75 Å². The molecule has 1 aliphatic heterocycles. The molecule has 1 amide bonds. The van der Waals surface area contributed by atoms with Gasteiger partial charge in [-0.15, -0.1) is 0 Å². The van der Waals surface area contributed by atoms with Crippen LogP contribution < -0.4 is 9.64 Å². The lowest BCUT2D eigenvalue weighted by atomic mass is 10.2. The number of hydrogen-bond donors (Lipinski definition) is 0. The molecule has 4 rings (SSSR count). The quantitative estimate of drug-likeness (QED) is 0.677. The highest BCUT2D eigenvalue weighted by Crippen LogP contribution is 2.39. The Kier molecular flexibility index (Phi) is 4.05. The number of fused-ring (bicyclic) bond motifs is 1. The predicted molar refractivity (Wildman–Crippen MR) is 84.7 cm³/mol. The number of amides is 1. The van der Waals surface area contributed by atoms with Crippen molar-refractivity contribution in [3.63, 3.8) is 0 Å². The second-order valence-corrected chi connectivity index (χ2v) is 5.67. The first kappa shape index (κ1) is 17.1. The topological polar surface area (TPSA) is 86.3 Å². The number of anilines is 1. The number of rotatable bonds is 5. The van der Waals surface area contributed by atoms with Gasteiger partial charge in [-0.1, -0.05) is 17.3 Å². The molecule has 0 spiro atoms. The Hall–Kier alpha value is -3.37. The number of benzene rings is 1. The first-order chi connectivity index (χ1) is 13.0. The molecule has 0 aliphatic carbocycles. The van der Waals surface area contributed by atoms with Gasteiger partial charge in [0.15, 0.2) is 5.75 Å². The lowest BCUT2D eigenvalue weighted by Gasteiger charge is -2.32. The van der Waals surface area contributed by atoms with E-state index in [1.165, 1.54) is 35.3 Å². The van der Waals surface area contributed by atoms with Crippen molar-refractivity contribution in [1.82, 2.24) is 19.9 Å². The Labute approximate surface area is 150 Å². The van der Waals surface area contributed by atoms with Crippen LogP contribution in [0.3, 0.4) is 0 Å². The van der Waals surface area contributed by atoms with E-state index in [0.717, 1.165) is 4.90 Å². The molecule has 1 aromatic carbocycles. The van der Waals surface area contributed by atoms with Gasteiger partial charge in [0.05, 0.1) is 24.0 Å². The zero-order chi connectivity index (χ0) is 19.0. The highest BCUT2D eigenvalue weighted by atomic mass is 19.3. The summed E-state index contributed by atoms with van der Waals surface area (Å²) in [4.78, 5) is 17.0. The summed E-state index contributed by atoms with van der Waals surface area (Å²) >= 11 is 0. The van der Waals surface area contributed by atoms with Gasteiger partial charge in [-0.2, -0.15) is 18.9 Å². The Morgan fingerprint density at radius 1 is 1.22 bits per heavy atom. The van der Waals surface area contributed by atoms with Crippen LogP contribution in [0.15, 0.2) is 41.2 Å². The monoisotopic (exact) mass is 379 g/mol. The molecule has 2 aromatic heterocycles. The van der Waals surface area contributed by atoms with Crippen molar-refractivity contribution in [3.8, 4) is 17.1 Å². The number of aromatic nitrogens is 4. The van der Waals surface area contributed by atoms with Crippen molar-refractivity contribution in [2.45, 2.75) is 19.2 Å². The number of nitrogens with zero attached hydrogens (tertiary/aromatic N) is 5. The maximum absolute atomic E-state index is 13.9. The summed E-state index contributed by atoms with van der Waals surface area (Å²) in [5.41, 5.74) is 0.640. The minimum atomic E-state index is -4.00. The summed E-state index contributed by atoms with van der Waals surface area (Å²) in [5.74, 6) is -1.56. The third-order valence-electron chi connectivity index (χ3n) is 3.85. The van der Waals surface area contributed by atoms with Crippen LogP contribution in [0.4, 0.5) is 18.9 Å². The summed E-state index contributed by atoms with van der Waals surface area (Å²) in [5, 5.41) is 7.70. The SMILES string of the molecule is O=C1N(Cc2nc(-c3cnn(CCF)c3)no2)c2ccccc2OC1(F)F. The normalized spacial score (nSPS) is 15.5. The molecular formula is C16H12F3N5O3. The molecule has 0 saturated carbocycles. The van der Waals surface area contributed by atoms with E-state index in [9.17, 15) is 18.0 Å². The number of alkyl halides is 3. The average Bonchev–Trinajstić information content (AvgIpc) is 3.28. The van der Waals surface area contributed by atoms with Gasteiger partial charge < -0.3 is 9.26 Å². The van der Waals surface area contributed by atoms with Crippen LogP contribution in [0, 0.1) is 0 Å². The van der Waals surface area contributed by atoms with Gasteiger partial charge >= 0.3 is 12.0 Å². The van der Waals surface area contributed by atoms with Crippen LogP contribution in [0.25, 0.3) is 11.4 Å². The third-order valence-corrected chi connectivity index (χ3v) is 3.85. The summed E-state index contributed by atoms with van der Waals surface area (Å²) in [6, 6.07) is 5.91. The molecular weight excluding hydrogens is 367 g/mol. The minimum absolute atomic E-state index is 0.0518. The molecule has 0 fully saturated rings. The van der Waals surface area contributed by atoms with E-state index in [1.807, 2.05) is 0 Å². The fourth-order valence-electron chi connectivity index (χ4n) is 2.63. The van der Waals surface area contributed by atoms with Crippen LogP contribution in [0.2, 0.25) is 0 Å². The molecule has 0 unspecified atom stereocenters. The van der Waals surface area contributed by atoms with E-state index in [-0.39, 0.29) is 36.2 Å². The fraction of sp³-hybridized carbons (Fsp3) is 0.250. The van der Waals surface area contributed by atoms with Gasteiger partial charge in [0.25, 0.3) is 0 Å². The number of carbonyl (C=O) groups excluding carboxylic acids is 1. The van der Waals surface area contributed by atoms with Crippen LogP contribution in [-0.4, -0.2) is 38.6 Å². The number of ether oxygens (including phenoxy) is 1. The van der Waals surface area contributed by atoms with E-state index in [4.69, 9.17) is 4.52 Å². The Bertz CT molecular complexity index is 987. The van der Waals surface area contributed by atoms with Crippen LogP contribution in [-0.2, 0) is 17.9 Å². The van der Waals surface area contributed by atoms with Gasteiger partial charge in [-0.05, 0) is 12.1 Å². The van der Waals surface area contributed by atoms with Crippen molar-refractivity contribution in [1.29, 1.82) is 0 Å². The maximum Gasteiger partial charge on any atom is 0.482 e. The molecule has 27 heavy (non-hydrogen) atoms. The van der Waals surface area contributed by atoms with Gasteiger partial charge in [0, 0.05) is 6.20 Å². The van der Waals surface area contributed by atoms with Gasteiger partial charge in [0.2, 0.25) is 11.7 Å². The van der Waals surface area contributed by atoms with Crippen LogP contribution >= 0.6 is 0 Å². The van der Waals surface area contributed by atoms with Crippen LogP contribution in [0.1, 0.15) is 5.89 Å². The first-order valence-corrected chi connectivity index (χ1v) is 7.87. The summed E-state index contributed by atoms with van der Waals surface area (Å²) in [7, 11) is 0. The zero-order valence-corrected chi connectivity index (χ0v) is 13.7. The number of halogens is 3. The molecule has 1 aliphatic rings. The van der Waals surface area contributed by atoms with Gasteiger partial charge in [-0.3, -0.25) is 14.4 Å². The molecule has 0 atom stereocenters. The smallest absolute Gasteiger partial charge is 0.423 e. The highest BCUT2D eigenvalue weighted by Gasteiger charge is 2.50. The summed E-state index contributed by atoms with van der Waals surface area (Å²) in [6.45, 7) is -0.857. The predicted octanol–water partition coefficient (Wildman–Crippen LogP) is 2.42. The number of hydrogen-bond acceptors (Lipinski definition) is 6. The summed E-state index contributed by atoms with van der Waals surface area (Å²) < 4.78 is 51.0. The number of aryl methyl sites for hydroxylation is 1. The molecule has 0 radical (unpaired) electrons. The van der Waals surface area contributed by atoms with E-state index in [0.29, 0.717) is 5.56 Å². The van der Waals surface area contributed by atoms with Crippen molar-refractivity contribution >= 4 is 11.6 Å². The molecule has 3 heterocycles. The molecule has 11 heteroatoms. The first-order valence-electron chi connectivity index (χ1n) is 7.87. The third kappa shape index (κ3) is 3.11. The van der Waals surface area contributed by atoms with Crippen molar-refractivity contribution in [2.24, 2.45) is 0 Å². The Balaban J connectivity index is 1.60. The van der Waals surface area contributed by atoms with Crippen molar-refractivity contribution in [2.75, 3.05) is 11.6 Å². The van der Waals surface area contributed by atoms with E-state index < -0.39 is 18.7 Å². The minimum Gasteiger partial charge on any atom is -0.423 e. The van der Waals surface area contributed by atoms with E-state index in [2.05, 4.69) is 20.0 Å². The van der Waals surface area contributed by atoms with Crippen molar-refractivity contribution in [3.05, 3.63) is 42.5 Å². The molecule has 0 N–H and O–H groups in total. The lowest BCUT2D eigenvalue weighted by molar-refractivity contribution is -0.193. The second-order valence-electron chi connectivity index (χ2n) is 5.67. The molecule has 0 bridgehead atoms. The largest absolute Gasteiger partial charge is 0.482 e. The lowest BCUT2D eigenvalue weighted by Crippen LogP contribution is -2.50. The van der Waals surface area contributed by atoms with Gasteiger partial charge in [-0.25, -0.2) is 4.39 Å². The summed E-state index contributed by atoms with van der Waals surface area (Å²) in [6.07, 6.45) is -1.05.